The molecule has 25 heavy (non-hydrogen) atoms. The van der Waals surface area contributed by atoms with Crippen LogP contribution < -0.4 is 10.1 Å². The first-order valence-corrected chi connectivity index (χ1v) is 9.03. The lowest BCUT2D eigenvalue weighted by Crippen LogP contribution is -2.11. The van der Waals surface area contributed by atoms with Gasteiger partial charge in [0.25, 0.3) is 5.91 Å². The molecule has 0 fully saturated rings. The first-order valence-electron chi connectivity index (χ1n) is 7.95. The van der Waals surface area contributed by atoms with Gasteiger partial charge < -0.3 is 10.1 Å². The summed E-state index contributed by atoms with van der Waals surface area (Å²) in [6.07, 6.45) is 0. The van der Waals surface area contributed by atoms with E-state index in [1.54, 1.807) is 0 Å². The van der Waals surface area contributed by atoms with Crippen molar-refractivity contribution in [1.29, 1.82) is 0 Å². The largest absolute Gasteiger partial charge is 0.489 e. The van der Waals surface area contributed by atoms with Crippen molar-refractivity contribution < 1.29 is 9.53 Å². The van der Waals surface area contributed by atoms with Gasteiger partial charge in [-0.15, -0.1) is 0 Å². The van der Waals surface area contributed by atoms with Gasteiger partial charge in [-0.3, -0.25) is 4.79 Å². The number of amides is 1. The molecule has 0 aromatic heterocycles. The molecule has 0 unspecified atom stereocenters. The topological polar surface area (TPSA) is 38.3 Å². The van der Waals surface area contributed by atoms with Crippen LogP contribution in [0.3, 0.4) is 0 Å². The maximum absolute atomic E-state index is 12.3. The van der Waals surface area contributed by atoms with E-state index in [2.05, 4.69) is 27.9 Å². The fourth-order valence-corrected chi connectivity index (χ4v) is 2.65. The van der Waals surface area contributed by atoms with Gasteiger partial charge in [0.05, 0.1) is 0 Å². The number of benzene rings is 3. The molecule has 0 radical (unpaired) electrons. The number of anilines is 1. The highest BCUT2D eigenvalue weighted by Gasteiger charge is 2.06. The van der Waals surface area contributed by atoms with Crippen molar-refractivity contribution >= 4 is 34.2 Å². The van der Waals surface area contributed by atoms with E-state index in [4.69, 9.17) is 4.74 Å². The third-order valence-electron chi connectivity index (χ3n) is 3.74. The van der Waals surface area contributed by atoms with Crippen LogP contribution in [0.1, 0.15) is 21.5 Å². The summed E-state index contributed by atoms with van der Waals surface area (Å²) >= 11 is 2.23. The van der Waals surface area contributed by atoms with E-state index in [1.807, 2.05) is 79.7 Å². The van der Waals surface area contributed by atoms with E-state index >= 15 is 0 Å². The lowest BCUT2D eigenvalue weighted by molar-refractivity contribution is 0.102. The molecule has 0 aliphatic heterocycles. The average Bonchev–Trinajstić information content (AvgIpc) is 2.63. The van der Waals surface area contributed by atoms with Crippen LogP contribution in [0.5, 0.6) is 5.75 Å². The second-order valence-corrected chi connectivity index (χ2v) is 7.01. The van der Waals surface area contributed by atoms with Gasteiger partial charge >= 0.3 is 0 Å². The summed E-state index contributed by atoms with van der Waals surface area (Å²) in [5, 5.41) is 2.89. The summed E-state index contributed by atoms with van der Waals surface area (Å²) in [5.74, 6) is 0.721. The van der Waals surface area contributed by atoms with E-state index < -0.39 is 0 Å². The van der Waals surface area contributed by atoms with Crippen molar-refractivity contribution in [2.45, 2.75) is 13.5 Å². The molecular weight excluding hydrogens is 425 g/mol. The number of carbonyl (C=O) groups excluding carboxylic acids is 1. The molecule has 0 aliphatic carbocycles. The van der Waals surface area contributed by atoms with E-state index in [9.17, 15) is 4.79 Å². The van der Waals surface area contributed by atoms with E-state index in [0.717, 1.165) is 20.6 Å². The summed E-state index contributed by atoms with van der Waals surface area (Å²) in [7, 11) is 0. The molecule has 3 aromatic rings. The van der Waals surface area contributed by atoms with Crippen LogP contribution in [0.15, 0.2) is 72.8 Å². The number of hydrogen-bond acceptors (Lipinski definition) is 2. The van der Waals surface area contributed by atoms with Crippen molar-refractivity contribution in [1.82, 2.24) is 0 Å². The zero-order valence-electron chi connectivity index (χ0n) is 13.8. The summed E-state index contributed by atoms with van der Waals surface area (Å²) in [4.78, 5) is 12.3. The van der Waals surface area contributed by atoms with Gasteiger partial charge in [0, 0.05) is 14.8 Å². The molecule has 0 saturated heterocycles. The normalized spacial score (nSPS) is 10.3. The van der Waals surface area contributed by atoms with Crippen LogP contribution in [0, 0.1) is 10.5 Å². The van der Waals surface area contributed by atoms with Crippen LogP contribution >= 0.6 is 22.6 Å². The van der Waals surface area contributed by atoms with E-state index in [-0.39, 0.29) is 5.91 Å². The maximum atomic E-state index is 12.3. The number of hydrogen-bond donors (Lipinski definition) is 1. The second kappa shape index (κ2) is 8.16. The summed E-state index contributed by atoms with van der Waals surface area (Å²) in [6, 6.07) is 23.1. The molecule has 0 aliphatic rings. The number of nitrogens with one attached hydrogen (secondary N) is 1. The fourth-order valence-electron chi connectivity index (χ4n) is 2.29. The van der Waals surface area contributed by atoms with Crippen LogP contribution in [0.2, 0.25) is 0 Å². The monoisotopic (exact) mass is 443 g/mol. The van der Waals surface area contributed by atoms with Gasteiger partial charge in [-0.25, -0.2) is 0 Å². The third-order valence-corrected chi connectivity index (χ3v) is 4.46. The molecule has 126 valence electrons. The van der Waals surface area contributed by atoms with Crippen LogP contribution in [0.25, 0.3) is 0 Å². The Hall–Kier alpha value is -2.34. The van der Waals surface area contributed by atoms with Gasteiger partial charge in [0.15, 0.2) is 0 Å². The minimum Gasteiger partial charge on any atom is -0.489 e. The van der Waals surface area contributed by atoms with Gasteiger partial charge in [0.1, 0.15) is 12.4 Å². The molecule has 0 heterocycles. The molecule has 0 atom stereocenters. The first kappa shape index (κ1) is 17.5. The van der Waals surface area contributed by atoms with Crippen LogP contribution in [0.4, 0.5) is 5.69 Å². The zero-order valence-corrected chi connectivity index (χ0v) is 16.0. The molecule has 4 heteroatoms. The third kappa shape index (κ3) is 5.06. The summed E-state index contributed by atoms with van der Waals surface area (Å²) in [5.41, 5.74) is 3.64. The summed E-state index contributed by atoms with van der Waals surface area (Å²) in [6.45, 7) is 2.52. The van der Waals surface area contributed by atoms with Crippen LogP contribution in [-0.2, 0) is 6.61 Å². The van der Waals surface area contributed by atoms with Crippen molar-refractivity contribution in [3.05, 3.63) is 93.1 Å². The lowest BCUT2D eigenvalue weighted by atomic mass is 10.1. The van der Waals surface area contributed by atoms with Gasteiger partial charge in [0.2, 0.25) is 0 Å². The van der Waals surface area contributed by atoms with Gasteiger partial charge in [-0.1, -0.05) is 29.8 Å². The predicted molar refractivity (Wildman–Crippen MR) is 109 cm³/mol. The Morgan fingerprint density at radius 1 is 0.920 bits per heavy atom. The molecule has 0 saturated carbocycles. The number of aryl methyl sites for hydroxylation is 1. The average molecular weight is 443 g/mol. The molecule has 3 nitrogen and oxygen atoms in total. The highest BCUT2D eigenvalue weighted by molar-refractivity contribution is 14.1. The maximum Gasteiger partial charge on any atom is 0.255 e. The SMILES string of the molecule is Cc1ccc(OCc2ccc(C(=O)Nc3ccc(I)cc3)cc2)cc1. The van der Waals surface area contributed by atoms with Crippen molar-refractivity contribution in [2.75, 3.05) is 5.32 Å². The Balaban J connectivity index is 1.58. The predicted octanol–water partition coefficient (Wildman–Crippen LogP) is 5.43. The van der Waals surface area contributed by atoms with Crippen molar-refractivity contribution in [2.24, 2.45) is 0 Å². The van der Waals surface area contributed by atoms with E-state index in [1.165, 1.54) is 5.56 Å². The lowest BCUT2D eigenvalue weighted by Gasteiger charge is -2.08. The molecule has 1 amide bonds. The zero-order chi connectivity index (χ0) is 17.6. The van der Waals surface area contributed by atoms with Crippen LogP contribution in [-0.4, -0.2) is 5.91 Å². The number of ether oxygens (including phenoxy) is 1. The molecule has 3 aromatic carbocycles. The van der Waals surface area contributed by atoms with Crippen molar-refractivity contribution in [3.8, 4) is 5.75 Å². The first-order chi connectivity index (χ1) is 12.1. The molecule has 1 N–H and O–H groups in total. The highest BCUT2D eigenvalue weighted by Crippen LogP contribution is 2.15. The Morgan fingerprint density at radius 2 is 1.56 bits per heavy atom. The standard InChI is InChI=1S/C21H18INO2/c1-15-2-12-20(13-3-15)25-14-16-4-6-17(7-5-16)21(24)23-19-10-8-18(22)9-11-19/h2-13H,14H2,1H3,(H,23,24). The summed E-state index contributed by atoms with van der Waals surface area (Å²) < 4.78 is 6.89. The Kier molecular flexibility index (Phi) is 5.71. The molecular formula is C21H18INO2. The Bertz CT molecular complexity index is 841. The minimum atomic E-state index is -0.118. The van der Waals surface area contributed by atoms with Crippen molar-refractivity contribution in [3.63, 3.8) is 0 Å². The Labute approximate surface area is 161 Å². The quantitative estimate of drug-likeness (QED) is 0.534. The molecule has 0 spiro atoms. The molecule has 0 bridgehead atoms. The molecule has 3 rings (SSSR count). The number of carbonyl (C=O) groups is 1. The van der Waals surface area contributed by atoms with Gasteiger partial charge in [-0.2, -0.15) is 0 Å². The number of halogens is 1. The van der Waals surface area contributed by atoms with Gasteiger partial charge in [-0.05, 0) is 83.6 Å². The highest BCUT2D eigenvalue weighted by atomic mass is 127. The second-order valence-electron chi connectivity index (χ2n) is 5.76. The Morgan fingerprint density at radius 3 is 2.20 bits per heavy atom. The fraction of sp³-hybridized carbons (Fsp3) is 0.0952. The van der Waals surface area contributed by atoms with E-state index in [0.29, 0.717) is 12.2 Å². The smallest absolute Gasteiger partial charge is 0.255 e. The minimum absolute atomic E-state index is 0.118. The number of rotatable bonds is 5.